The second-order valence-corrected chi connectivity index (χ2v) is 6.85. The van der Waals surface area contributed by atoms with Crippen LogP contribution < -0.4 is 9.64 Å². The van der Waals surface area contributed by atoms with Crippen molar-refractivity contribution in [1.29, 1.82) is 0 Å². The van der Waals surface area contributed by atoms with Crippen LogP contribution in [0.4, 0.5) is 10.1 Å². The summed E-state index contributed by atoms with van der Waals surface area (Å²) >= 11 is 0. The predicted molar refractivity (Wildman–Crippen MR) is 101 cm³/mol. The molecular weight excluding hydrogens is 331 g/mol. The van der Waals surface area contributed by atoms with Crippen molar-refractivity contribution in [2.45, 2.75) is 26.9 Å². The van der Waals surface area contributed by atoms with E-state index in [2.05, 4.69) is 6.07 Å². The average molecular weight is 356 g/mol. The normalized spacial score (nSPS) is 15.7. The molecule has 0 unspecified atom stereocenters. The molecular formula is C21H25FN2O2. The number of hydrogen-bond acceptors (Lipinski definition) is 3. The van der Waals surface area contributed by atoms with Crippen molar-refractivity contribution in [3.63, 3.8) is 0 Å². The number of ether oxygens (including phenoxy) is 1. The molecule has 0 spiro atoms. The molecule has 0 aromatic heterocycles. The number of carbonyl (C=O) groups excluding carboxylic acids is 1. The molecule has 0 aliphatic carbocycles. The van der Waals surface area contributed by atoms with Crippen molar-refractivity contribution < 1.29 is 13.9 Å². The van der Waals surface area contributed by atoms with Crippen molar-refractivity contribution in [2.24, 2.45) is 0 Å². The molecule has 2 aromatic carbocycles. The number of halogens is 1. The minimum Gasteiger partial charge on any atom is -0.481 e. The Balaban J connectivity index is 1.58. The fraction of sp³-hybridized carbons (Fsp3) is 0.381. The number of benzene rings is 2. The summed E-state index contributed by atoms with van der Waals surface area (Å²) in [5, 5.41) is 0. The minimum absolute atomic E-state index is 0.0302. The van der Waals surface area contributed by atoms with Crippen LogP contribution in [0, 0.1) is 19.7 Å². The largest absolute Gasteiger partial charge is 0.481 e. The smallest absolute Gasteiger partial charge is 0.263 e. The highest BCUT2D eigenvalue weighted by atomic mass is 19.1. The van der Waals surface area contributed by atoms with Crippen molar-refractivity contribution in [3.8, 4) is 5.75 Å². The van der Waals surface area contributed by atoms with Crippen molar-refractivity contribution in [2.75, 3.05) is 31.1 Å². The molecule has 1 saturated heterocycles. The molecule has 2 aromatic rings. The van der Waals surface area contributed by atoms with Crippen molar-refractivity contribution in [1.82, 2.24) is 4.90 Å². The zero-order valence-electron chi connectivity index (χ0n) is 15.5. The number of amides is 1. The molecule has 0 saturated carbocycles. The number of aryl methyl sites for hydroxylation is 2. The van der Waals surface area contributed by atoms with Gasteiger partial charge in [-0.3, -0.25) is 4.79 Å². The maximum absolute atomic E-state index is 13.9. The van der Waals surface area contributed by atoms with E-state index in [1.165, 1.54) is 6.07 Å². The lowest BCUT2D eigenvalue weighted by molar-refractivity contribution is -0.138. The highest BCUT2D eigenvalue weighted by Crippen LogP contribution is 2.21. The summed E-state index contributed by atoms with van der Waals surface area (Å²) in [6, 6.07) is 12.7. The highest BCUT2D eigenvalue weighted by Gasteiger charge is 2.27. The van der Waals surface area contributed by atoms with Crippen molar-refractivity contribution >= 4 is 11.6 Å². The number of rotatable bonds is 4. The van der Waals surface area contributed by atoms with Gasteiger partial charge in [0, 0.05) is 26.2 Å². The summed E-state index contributed by atoms with van der Waals surface area (Å²) < 4.78 is 19.8. The average Bonchev–Trinajstić information content (AvgIpc) is 2.61. The summed E-state index contributed by atoms with van der Waals surface area (Å²) in [7, 11) is 0. The maximum atomic E-state index is 13.9. The van der Waals surface area contributed by atoms with Gasteiger partial charge in [-0.1, -0.05) is 18.2 Å². The monoisotopic (exact) mass is 356 g/mol. The lowest BCUT2D eigenvalue weighted by Gasteiger charge is -2.37. The van der Waals surface area contributed by atoms with E-state index in [1.54, 1.807) is 24.0 Å². The zero-order chi connectivity index (χ0) is 18.7. The van der Waals surface area contributed by atoms with E-state index in [1.807, 2.05) is 36.9 Å². The van der Waals surface area contributed by atoms with Gasteiger partial charge < -0.3 is 14.5 Å². The molecule has 5 heteroatoms. The Morgan fingerprint density at radius 2 is 1.65 bits per heavy atom. The molecule has 1 aliphatic rings. The molecule has 0 N–H and O–H groups in total. The quantitative estimate of drug-likeness (QED) is 0.840. The molecule has 4 nitrogen and oxygen atoms in total. The Hall–Kier alpha value is -2.56. The van der Waals surface area contributed by atoms with E-state index < -0.39 is 6.10 Å². The van der Waals surface area contributed by atoms with Gasteiger partial charge in [0.15, 0.2) is 6.10 Å². The molecule has 1 fully saturated rings. The fourth-order valence-electron chi connectivity index (χ4n) is 3.39. The van der Waals surface area contributed by atoms with Gasteiger partial charge in [-0.2, -0.15) is 0 Å². The molecule has 138 valence electrons. The van der Waals surface area contributed by atoms with Crippen LogP contribution in [0.1, 0.15) is 18.1 Å². The molecule has 0 bridgehead atoms. The van der Waals surface area contributed by atoms with Gasteiger partial charge in [-0.25, -0.2) is 4.39 Å². The Morgan fingerprint density at radius 1 is 1.04 bits per heavy atom. The summed E-state index contributed by atoms with van der Waals surface area (Å²) in [4.78, 5) is 16.5. The van der Waals surface area contributed by atoms with Gasteiger partial charge in [0.05, 0.1) is 5.69 Å². The van der Waals surface area contributed by atoms with Crippen LogP contribution in [-0.2, 0) is 4.79 Å². The van der Waals surface area contributed by atoms with E-state index in [0.717, 1.165) is 11.1 Å². The molecule has 1 amide bonds. The first-order chi connectivity index (χ1) is 12.4. The first-order valence-electron chi connectivity index (χ1n) is 8.97. The molecule has 3 rings (SSSR count). The lowest BCUT2D eigenvalue weighted by atomic mass is 10.1. The summed E-state index contributed by atoms with van der Waals surface area (Å²) in [6.07, 6.45) is -0.545. The Bertz CT molecular complexity index is 765. The molecule has 1 heterocycles. The molecule has 1 atom stereocenters. The zero-order valence-corrected chi connectivity index (χ0v) is 15.5. The maximum Gasteiger partial charge on any atom is 0.263 e. The van der Waals surface area contributed by atoms with Gasteiger partial charge in [0.25, 0.3) is 5.91 Å². The summed E-state index contributed by atoms with van der Waals surface area (Å²) in [5.41, 5.74) is 2.82. The molecule has 0 radical (unpaired) electrons. The SMILES string of the molecule is Cc1cc(C)cc(O[C@H](C)C(=O)N2CCN(c3ccccc3F)CC2)c1. The predicted octanol–water partition coefficient (Wildman–Crippen LogP) is 3.56. The third-order valence-electron chi connectivity index (χ3n) is 4.64. The van der Waals surface area contributed by atoms with Crippen LogP contribution in [0.3, 0.4) is 0 Å². The third-order valence-corrected chi connectivity index (χ3v) is 4.64. The number of carbonyl (C=O) groups is 1. The van der Waals surface area contributed by atoms with Crippen molar-refractivity contribution in [3.05, 3.63) is 59.4 Å². The van der Waals surface area contributed by atoms with E-state index in [4.69, 9.17) is 4.74 Å². The summed E-state index contributed by atoms with van der Waals surface area (Å²) in [6.45, 7) is 8.15. The first kappa shape index (κ1) is 18.2. The van der Waals surface area contributed by atoms with E-state index in [9.17, 15) is 9.18 Å². The standard InChI is InChI=1S/C21H25FN2O2/c1-15-12-16(2)14-18(13-15)26-17(3)21(25)24-10-8-23(9-11-24)20-7-5-4-6-19(20)22/h4-7,12-14,17H,8-11H2,1-3H3/t17-/m1/s1. The van der Waals surface area contributed by atoms with Gasteiger partial charge in [0.2, 0.25) is 0 Å². The number of piperazine rings is 1. The van der Waals surface area contributed by atoms with Crippen LogP contribution in [0.5, 0.6) is 5.75 Å². The number of anilines is 1. The van der Waals surface area contributed by atoms with Crippen LogP contribution in [-0.4, -0.2) is 43.1 Å². The van der Waals surface area contributed by atoms with Crippen LogP contribution in [0.25, 0.3) is 0 Å². The summed E-state index contributed by atoms with van der Waals surface area (Å²) in [5.74, 6) is 0.462. The first-order valence-corrected chi connectivity index (χ1v) is 8.97. The fourth-order valence-corrected chi connectivity index (χ4v) is 3.39. The van der Waals surface area contributed by atoms with Gasteiger partial charge in [-0.15, -0.1) is 0 Å². The Morgan fingerprint density at radius 3 is 2.27 bits per heavy atom. The third kappa shape index (κ3) is 4.15. The number of nitrogens with zero attached hydrogens (tertiary/aromatic N) is 2. The minimum atomic E-state index is -0.545. The van der Waals surface area contributed by atoms with E-state index in [0.29, 0.717) is 37.6 Å². The van der Waals surface area contributed by atoms with Gasteiger partial charge >= 0.3 is 0 Å². The van der Waals surface area contributed by atoms with Crippen LogP contribution >= 0.6 is 0 Å². The van der Waals surface area contributed by atoms with Gasteiger partial charge in [0.1, 0.15) is 11.6 Å². The highest BCUT2D eigenvalue weighted by molar-refractivity contribution is 5.81. The lowest BCUT2D eigenvalue weighted by Crippen LogP contribution is -2.52. The topological polar surface area (TPSA) is 32.8 Å². The molecule has 1 aliphatic heterocycles. The second-order valence-electron chi connectivity index (χ2n) is 6.85. The van der Waals surface area contributed by atoms with E-state index >= 15 is 0 Å². The number of hydrogen-bond donors (Lipinski definition) is 0. The van der Waals surface area contributed by atoms with E-state index in [-0.39, 0.29) is 11.7 Å². The Kier molecular flexibility index (Phi) is 5.45. The van der Waals surface area contributed by atoms with Crippen LogP contribution in [0.15, 0.2) is 42.5 Å². The molecule has 26 heavy (non-hydrogen) atoms. The van der Waals surface area contributed by atoms with Gasteiger partial charge in [-0.05, 0) is 56.2 Å². The Labute approximate surface area is 154 Å². The second kappa shape index (κ2) is 7.77. The van der Waals surface area contributed by atoms with Crippen LogP contribution in [0.2, 0.25) is 0 Å². The number of para-hydroxylation sites is 1.